The lowest BCUT2D eigenvalue weighted by atomic mass is 10.0. The van der Waals surface area contributed by atoms with E-state index >= 15 is 0 Å². The van der Waals surface area contributed by atoms with Gasteiger partial charge in [0, 0.05) is 17.3 Å². The highest BCUT2D eigenvalue weighted by molar-refractivity contribution is 6.02. The van der Waals surface area contributed by atoms with Crippen LogP contribution in [0.5, 0.6) is 5.75 Å². The van der Waals surface area contributed by atoms with E-state index in [9.17, 15) is 9.59 Å². The zero-order valence-corrected chi connectivity index (χ0v) is 17.2. The predicted molar refractivity (Wildman–Crippen MR) is 112 cm³/mol. The summed E-state index contributed by atoms with van der Waals surface area (Å²) in [6.45, 7) is 9.87. The zero-order valence-electron chi connectivity index (χ0n) is 17.2. The van der Waals surface area contributed by atoms with Crippen molar-refractivity contribution < 1.29 is 14.3 Å². The lowest BCUT2D eigenvalue weighted by Gasteiger charge is -2.39. The van der Waals surface area contributed by atoms with Gasteiger partial charge in [-0.2, -0.15) is 0 Å². The molecule has 1 aliphatic heterocycles. The number of nitrogens with two attached hydrogens (primary N) is 1. The third-order valence-electron chi connectivity index (χ3n) is 4.08. The normalized spacial score (nSPS) is 14.9. The Bertz CT molecular complexity index is 827. The van der Waals surface area contributed by atoms with Crippen molar-refractivity contribution >= 4 is 23.7 Å². The second-order valence-electron chi connectivity index (χ2n) is 8.23. The molecule has 0 aliphatic carbocycles. The Balaban J connectivity index is 0.000000345. The molecule has 1 aliphatic rings. The van der Waals surface area contributed by atoms with Crippen molar-refractivity contribution in [2.24, 2.45) is 0 Å². The first kappa shape index (κ1) is 21.3. The molecule has 0 spiro atoms. The number of amides is 2. The number of rotatable bonds is 3. The minimum absolute atomic E-state index is 0.0522. The Morgan fingerprint density at radius 3 is 2.32 bits per heavy atom. The first-order valence-corrected chi connectivity index (χ1v) is 9.19. The van der Waals surface area contributed by atoms with E-state index in [1.807, 2.05) is 57.2 Å². The van der Waals surface area contributed by atoms with E-state index in [0.29, 0.717) is 24.4 Å². The standard InChI is InChI=1S/C17H18N2O2.C5H11NO/c1-17(2)16(20)19(11-12-6-4-3-5-7-12)14-9-8-13(18)10-15(14)21-17;1-5(2,3)6-4-7/h3-10H,11,18H2,1-2H3;4H,1-3H3,(H,6,7). The molecule has 3 rings (SSSR count). The molecule has 2 aromatic rings. The fraction of sp³-hybridized carbons (Fsp3) is 0.364. The first-order chi connectivity index (χ1) is 13.0. The summed E-state index contributed by atoms with van der Waals surface area (Å²) in [4.78, 5) is 24.1. The number of nitrogen functional groups attached to an aromatic ring is 1. The summed E-state index contributed by atoms with van der Waals surface area (Å²) in [7, 11) is 0. The molecule has 0 saturated carbocycles. The minimum Gasteiger partial charge on any atom is -0.476 e. The van der Waals surface area contributed by atoms with Crippen LogP contribution in [0.25, 0.3) is 0 Å². The van der Waals surface area contributed by atoms with Crippen LogP contribution in [0.2, 0.25) is 0 Å². The molecule has 6 heteroatoms. The average molecular weight is 383 g/mol. The highest BCUT2D eigenvalue weighted by Gasteiger charge is 2.40. The van der Waals surface area contributed by atoms with Gasteiger partial charge in [0.05, 0.1) is 12.2 Å². The summed E-state index contributed by atoms with van der Waals surface area (Å²) in [5.41, 5.74) is 7.32. The summed E-state index contributed by atoms with van der Waals surface area (Å²) in [5.74, 6) is 0.596. The third-order valence-corrected chi connectivity index (χ3v) is 4.08. The second-order valence-corrected chi connectivity index (χ2v) is 8.23. The largest absolute Gasteiger partial charge is 0.476 e. The molecular weight excluding hydrogens is 354 g/mol. The van der Waals surface area contributed by atoms with Crippen LogP contribution in [0, 0.1) is 0 Å². The Labute approximate surface area is 166 Å². The molecule has 0 unspecified atom stereocenters. The molecule has 3 N–H and O–H groups in total. The molecule has 0 bridgehead atoms. The molecule has 0 saturated heterocycles. The van der Waals surface area contributed by atoms with Gasteiger partial charge in [-0.3, -0.25) is 9.59 Å². The number of carbonyl (C=O) groups excluding carboxylic acids is 2. The van der Waals surface area contributed by atoms with E-state index in [0.717, 1.165) is 11.3 Å². The number of nitrogens with one attached hydrogen (secondary N) is 1. The number of benzene rings is 2. The minimum atomic E-state index is -0.893. The van der Waals surface area contributed by atoms with Crippen LogP contribution in [-0.2, 0) is 16.1 Å². The number of hydrogen-bond donors (Lipinski definition) is 2. The van der Waals surface area contributed by atoms with E-state index < -0.39 is 5.60 Å². The van der Waals surface area contributed by atoms with Gasteiger partial charge in [0.2, 0.25) is 6.41 Å². The molecule has 0 aromatic heterocycles. The smallest absolute Gasteiger partial charge is 0.271 e. The molecule has 2 aromatic carbocycles. The first-order valence-electron chi connectivity index (χ1n) is 9.19. The zero-order chi connectivity index (χ0) is 20.9. The fourth-order valence-corrected chi connectivity index (χ4v) is 2.69. The summed E-state index contributed by atoms with van der Waals surface area (Å²) < 4.78 is 5.81. The van der Waals surface area contributed by atoms with Crippen LogP contribution in [0.3, 0.4) is 0 Å². The van der Waals surface area contributed by atoms with Crippen LogP contribution in [0.1, 0.15) is 40.2 Å². The molecule has 150 valence electrons. The van der Waals surface area contributed by atoms with Crippen LogP contribution < -0.4 is 20.7 Å². The number of carbonyl (C=O) groups is 2. The van der Waals surface area contributed by atoms with Crippen molar-refractivity contribution in [2.75, 3.05) is 10.6 Å². The van der Waals surface area contributed by atoms with E-state index in [2.05, 4.69) is 5.32 Å². The molecular formula is C22H29N3O3. The van der Waals surface area contributed by atoms with E-state index in [4.69, 9.17) is 10.5 Å². The van der Waals surface area contributed by atoms with Crippen LogP contribution in [0.15, 0.2) is 48.5 Å². The molecule has 28 heavy (non-hydrogen) atoms. The molecule has 0 fully saturated rings. The van der Waals surface area contributed by atoms with Crippen molar-refractivity contribution in [1.82, 2.24) is 5.32 Å². The molecule has 1 heterocycles. The third kappa shape index (κ3) is 5.49. The molecule has 0 atom stereocenters. The average Bonchev–Trinajstić information content (AvgIpc) is 2.59. The number of hydrogen-bond acceptors (Lipinski definition) is 4. The second kappa shape index (κ2) is 8.33. The van der Waals surface area contributed by atoms with Crippen molar-refractivity contribution in [3.8, 4) is 5.75 Å². The maximum atomic E-state index is 12.7. The molecule has 0 radical (unpaired) electrons. The summed E-state index contributed by atoms with van der Waals surface area (Å²) >= 11 is 0. The number of ether oxygens (including phenoxy) is 1. The van der Waals surface area contributed by atoms with Crippen molar-refractivity contribution in [1.29, 1.82) is 0 Å². The SMILES string of the molecule is CC(C)(C)NC=O.CC1(C)Oc2cc(N)ccc2N(Cc2ccccc2)C1=O. The number of anilines is 2. The van der Waals surface area contributed by atoms with Gasteiger partial charge in [-0.1, -0.05) is 30.3 Å². The Morgan fingerprint density at radius 2 is 1.79 bits per heavy atom. The van der Waals surface area contributed by atoms with Gasteiger partial charge >= 0.3 is 0 Å². The van der Waals surface area contributed by atoms with Gasteiger partial charge in [-0.15, -0.1) is 0 Å². The van der Waals surface area contributed by atoms with E-state index in [1.165, 1.54) is 0 Å². The van der Waals surface area contributed by atoms with Gasteiger partial charge in [0.1, 0.15) is 5.75 Å². The van der Waals surface area contributed by atoms with Crippen molar-refractivity contribution in [3.63, 3.8) is 0 Å². The van der Waals surface area contributed by atoms with Crippen molar-refractivity contribution in [3.05, 3.63) is 54.1 Å². The monoisotopic (exact) mass is 383 g/mol. The molecule has 2 amide bonds. The lowest BCUT2D eigenvalue weighted by Crippen LogP contribution is -2.52. The van der Waals surface area contributed by atoms with Crippen LogP contribution in [0.4, 0.5) is 11.4 Å². The summed E-state index contributed by atoms with van der Waals surface area (Å²) in [6, 6.07) is 15.3. The number of nitrogens with zero attached hydrogens (tertiary/aromatic N) is 1. The Morgan fingerprint density at radius 1 is 1.14 bits per heavy atom. The van der Waals surface area contributed by atoms with Gasteiger partial charge in [0.25, 0.3) is 5.91 Å². The fourth-order valence-electron chi connectivity index (χ4n) is 2.69. The van der Waals surface area contributed by atoms with Gasteiger partial charge in [-0.05, 0) is 52.3 Å². The van der Waals surface area contributed by atoms with E-state index in [-0.39, 0.29) is 11.4 Å². The quantitative estimate of drug-likeness (QED) is 0.627. The molecule has 6 nitrogen and oxygen atoms in total. The Hall–Kier alpha value is -3.02. The lowest BCUT2D eigenvalue weighted by molar-refractivity contribution is -0.132. The van der Waals surface area contributed by atoms with Crippen molar-refractivity contribution in [2.45, 2.75) is 52.3 Å². The van der Waals surface area contributed by atoms with Gasteiger partial charge in [-0.25, -0.2) is 0 Å². The topological polar surface area (TPSA) is 84.7 Å². The highest BCUT2D eigenvalue weighted by Crippen LogP contribution is 2.39. The summed E-state index contributed by atoms with van der Waals surface area (Å²) in [5, 5.41) is 2.60. The van der Waals surface area contributed by atoms with Crippen LogP contribution >= 0.6 is 0 Å². The van der Waals surface area contributed by atoms with E-state index in [1.54, 1.807) is 30.9 Å². The predicted octanol–water partition coefficient (Wildman–Crippen LogP) is 3.50. The van der Waals surface area contributed by atoms with Gasteiger partial charge in [0.15, 0.2) is 5.60 Å². The van der Waals surface area contributed by atoms with Crippen LogP contribution in [-0.4, -0.2) is 23.5 Å². The highest BCUT2D eigenvalue weighted by atomic mass is 16.5. The summed E-state index contributed by atoms with van der Waals surface area (Å²) in [6.07, 6.45) is 0.708. The van der Waals surface area contributed by atoms with Gasteiger partial charge < -0.3 is 20.7 Å². The maximum Gasteiger partial charge on any atom is 0.271 e. The Kier molecular flexibility index (Phi) is 6.33. The number of fused-ring (bicyclic) bond motifs is 1. The maximum absolute atomic E-state index is 12.7.